The molecular formula is C14H21N3O7S. The summed E-state index contributed by atoms with van der Waals surface area (Å²) in [5.41, 5.74) is -1.41. The van der Waals surface area contributed by atoms with Gasteiger partial charge in [-0.05, 0) is 25.8 Å². The number of benzene rings is 1. The Labute approximate surface area is 145 Å². The molecule has 0 aliphatic carbocycles. The van der Waals surface area contributed by atoms with Crippen molar-refractivity contribution in [2.75, 3.05) is 6.61 Å². The van der Waals surface area contributed by atoms with Gasteiger partial charge in [0.25, 0.3) is 11.4 Å². The molecule has 0 fully saturated rings. The van der Waals surface area contributed by atoms with Gasteiger partial charge in [-0.1, -0.05) is 13.8 Å². The summed E-state index contributed by atoms with van der Waals surface area (Å²) in [6, 6.07) is 1.79. The van der Waals surface area contributed by atoms with Crippen molar-refractivity contribution in [3.8, 4) is 0 Å². The number of sulfonamides is 1. The molecule has 1 aromatic carbocycles. The Balaban J connectivity index is 3.23. The van der Waals surface area contributed by atoms with Crippen molar-refractivity contribution in [1.82, 2.24) is 4.72 Å². The minimum absolute atomic E-state index is 0.0926. The quantitative estimate of drug-likeness (QED) is 0.515. The maximum atomic E-state index is 12.6. The van der Waals surface area contributed by atoms with Crippen LogP contribution in [0.5, 0.6) is 0 Å². The fourth-order valence-electron chi connectivity index (χ4n) is 1.91. The average molecular weight is 375 g/mol. The molecule has 1 atom stereocenters. The molecule has 1 rings (SSSR count). The zero-order chi connectivity index (χ0) is 19.4. The van der Waals surface area contributed by atoms with Gasteiger partial charge >= 0.3 is 0 Å². The molecule has 0 aromatic heterocycles. The molecular weight excluding hydrogens is 354 g/mol. The summed E-state index contributed by atoms with van der Waals surface area (Å²) in [6.07, 6.45) is -0.112. The fourth-order valence-corrected chi connectivity index (χ4v) is 3.43. The van der Waals surface area contributed by atoms with Crippen molar-refractivity contribution in [3.63, 3.8) is 0 Å². The molecule has 1 N–H and O–H groups in total. The highest BCUT2D eigenvalue weighted by molar-refractivity contribution is 7.89. The molecule has 0 saturated heterocycles. The third-order valence-electron chi connectivity index (χ3n) is 3.36. The van der Waals surface area contributed by atoms with Gasteiger partial charge in [-0.25, -0.2) is 13.1 Å². The average Bonchev–Trinajstić information content (AvgIpc) is 2.50. The fraction of sp³-hybridized carbons (Fsp3) is 0.571. The summed E-state index contributed by atoms with van der Waals surface area (Å²) >= 11 is 0. The Hall–Kier alpha value is -2.11. The Kier molecular flexibility index (Phi) is 6.96. The molecule has 0 radical (unpaired) electrons. The van der Waals surface area contributed by atoms with Gasteiger partial charge in [0.1, 0.15) is 0 Å². The molecule has 10 nitrogen and oxygen atoms in total. The topological polar surface area (TPSA) is 142 Å². The van der Waals surface area contributed by atoms with Gasteiger partial charge in [0.05, 0.1) is 28.6 Å². The number of rotatable bonds is 9. The normalized spacial score (nSPS) is 13.2. The number of non-ortho nitro benzene ring substituents is 1. The van der Waals surface area contributed by atoms with Crippen LogP contribution in [0.25, 0.3) is 0 Å². The summed E-state index contributed by atoms with van der Waals surface area (Å²) < 4.78 is 32.9. The Bertz CT molecular complexity index is 747. The van der Waals surface area contributed by atoms with Crippen LogP contribution in [0.15, 0.2) is 23.1 Å². The highest BCUT2D eigenvalue weighted by atomic mass is 32.2. The number of nitrogens with zero attached hydrogens (tertiary/aromatic N) is 2. The lowest BCUT2D eigenvalue weighted by Crippen LogP contribution is -2.42. The predicted octanol–water partition coefficient (Wildman–Crippen LogP) is 2.23. The number of nitrogens with one attached hydrogen (secondary N) is 1. The molecule has 0 amide bonds. The van der Waals surface area contributed by atoms with E-state index in [0.717, 1.165) is 12.1 Å². The van der Waals surface area contributed by atoms with E-state index >= 15 is 0 Å². The third kappa shape index (κ3) is 5.73. The lowest BCUT2D eigenvalue weighted by molar-refractivity contribution is -0.396. The summed E-state index contributed by atoms with van der Waals surface area (Å²) in [7, 11) is -4.26. The first-order valence-electron chi connectivity index (χ1n) is 7.52. The van der Waals surface area contributed by atoms with Crippen LogP contribution in [-0.2, 0) is 14.8 Å². The van der Waals surface area contributed by atoms with Crippen LogP contribution in [-0.4, -0.2) is 37.0 Å². The van der Waals surface area contributed by atoms with Crippen LogP contribution < -0.4 is 4.72 Å². The van der Waals surface area contributed by atoms with Gasteiger partial charge < -0.3 is 4.74 Å². The second kappa shape index (κ2) is 8.32. The van der Waals surface area contributed by atoms with Gasteiger partial charge in [0.15, 0.2) is 4.90 Å². The van der Waals surface area contributed by atoms with E-state index in [4.69, 9.17) is 4.74 Å². The molecule has 0 unspecified atom stereocenters. The summed E-state index contributed by atoms with van der Waals surface area (Å²) in [5.74, 6) is -0.134. The predicted molar refractivity (Wildman–Crippen MR) is 89.8 cm³/mol. The van der Waals surface area contributed by atoms with Crippen molar-refractivity contribution >= 4 is 21.4 Å². The van der Waals surface area contributed by atoms with Crippen molar-refractivity contribution in [2.24, 2.45) is 5.92 Å². The van der Waals surface area contributed by atoms with E-state index in [1.54, 1.807) is 27.7 Å². The molecule has 140 valence electrons. The minimum atomic E-state index is -4.26. The zero-order valence-corrected chi connectivity index (χ0v) is 15.1. The van der Waals surface area contributed by atoms with E-state index in [9.17, 15) is 28.6 Å². The minimum Gasteiger partial charge on any atom is -0.377 e. The highest BCUT2D eigenvalue weighted by Crippen LogP contribution is 2.28. The van der Waals surface area contributed by atoms with Crippen LogP contribution >= 0.6 is 0 Å². The summed E-state index contributed by atoms with van der Waals surface area (Å²) in [5, 5.41) is 21.9. The smallest absolute Gasteiger partial charge is 0.296 e. The Morgan fingerprint density at radius 2 is 1.72 bits per heavy atom. The molecule has 0 aliphatic rings. The number of ether oxygens (including phenoxy) is 1. The maximum absolute atomic E-state index is 12.6. The van der Waals surface area contributed by atoms with Gasteiger partial charge in [-0.15, -0.1) is 0 Å². The third-order valence-corrected chi connectivity index (χ3v) is 4.90. The molecule has 0 aliphatic heterocycles. The molecule has 25 heavy (non-hydrogen) atoms. The van der Waals surface area contributed by atoms with Gasteiger partial charge in [-0.3, -0.25) is 20.2 Å². The number of nitro groups is 2. The number of hydrogen-bond donors (Lipinski definition) is 1. The van der Waals surface area contributed by atoms with Crippen LogP contribution in [0.4, 0.5) is 11.4 Å². The van der Waals surface area contributed by atoms with E-state index in [1.807, 2.05) is 0 Å². The van der Waals surface area contributed by atoms with Gasteiger partial charge in [0.2, 0.25) is 10.0 Å². The Morgan fingerprint density at radius 3 is 2.16 bits per heavy atom. The first-order chi connectivity index (χ1) is 11.5. The van der Waals surface area contributed by atoms with E-state index < -0.39 is 42.2 Å². The first kappa shape index (κ1) is 20.9. The van der Waals surface area contributed by atoms with Crippen molar-refractivity contribution in [3.05, 3.63) is 38.4 Å². The SMILES string of the molecule is CC(C)OC[C@@H](NS(=O)(=O)c1ccc([N+](=O)[O-])cc1[N+](=O)[O-])C(C)C. The van der Waals surface area contributed by atoms with Gasteiger partial charge in [0, 0.05) is 12.1 Å². The van der Waals surface area contributed by atoms with Gasteiger partial charge in [-0.2, -0.15) is 0 Å². The Morgan fingerprint density at radius 1 is 1.12 bits per heavy atom. The summed E-state index contributed by atoms with van der Waals surface area (Å²) in [4.78, 5) is 19.5. The van der Waals surface area contributed by atoms with Crippen molar-refractivity contribution in [2.45, 2.75) is 44.7 Å². The van der Waals surface area contributed by atoms with Crippen LogP contribution in [0.1, 0.15) is 27.7 Å². The zero-order valence-electron chi connectivity index (χ0n) is 14.3. The first-order valence-corrected chi connectivity index (χ1v) is 9.00. The molecule has 1 aromatic rings. The molecule has 0 spiro atoms. The van der Waals surface area contributed by atoms with E-state index in [-0.39, 0.29) is 18.6 Å². The number of nitro benzene ring substituents is 2. The van der Waals surface area contributed by atoms with Crippen molar-refractivity contribution < 1.29 is 23.0 Å². The lowest BCUT2D eigenvalue weighted by atomic mass is 10.1. The molecule has 11 heteroatoms. The van der Waals surface area contributed by atoms with E-state index in [1.165, 1.54) is 0 Å². The second-order valence-electron chi connectivity index (χ2n) is 6.02. The largest absolute Gasteiger partial charge is 0.377 e. The summed E-state index contributed by atoms with van der Waals surface area (Å²) in [6.45, 7) is 7.25. The van der Waals surface area contributed by atoms with E-state index in [2.05, 4.69) is 4.72 Å². The van der Waals surface area contributed by atoms with Crippen LogP contribution in [0.3, 0.4) is 0 Å². The van der Waals surface area contributed by atoms with Crippen LogP contribution in [0, 0.1) is 26.1 Å². The second-order valence-corrected chi connectivity index (χ2v) is 7.70. The maximum Gasteiger partial charge on any atom is 0.296 e. The molecule has 0 bridgehead atoms. The molecule has 0 saturated carbocycles. The van der Waals surface area contributed by atoms with Crippen molar-refractivity contribution in [1.29, 1.82) is 0 Å². The number of hydrogen-bond acceptors (Lipinski definition) is 7. The molecule has 0 heterocycles. The highest BCUT2D eigenvalue weighted by Gasteiger charge is 2.31. The lowest BCUT2D eigenvalue weighted by Gasteiger charge is -2.23. The standard InChI is InChI=1S/C14H21N3O7S/c1-9(2)12(8-24-10(3)4)15-25(22,23)14-6-5-11(16(18)19)7-13(14)17(20)21/h5-7,9-10,12,15H,8H2,1-4H3/t12-/m1/s1. The van der Waals surface area contributed by atoms with Crippen LogP contribution in [0.2, 0.25) is 0 Å². The van der Waals surface area contributed by atoms with E-state index in [0.29, 0.717) is 6.07 Å². The monoisotopic (exact) mass is 375 g/mol.